The molecule has 39 heavy (non-hydrogen) atoms. The Bertz CT molecular complexity index is 1290. The molecule has 2 aliphatic heterocycles. The summed E-state index contributed by atoms with van der Waals surface area (Å²) in [4.78, 5) is 38.4. The molecule has 0 unspecified atom stereocenters. The van der Waals surface area contributed by atoms with Gasteiger partial charge in [-0.3, -0.25) is 9.59 Å². The summed E-state index contributed by atoms with van der Waals surface area (Å²) in [5.41, 5.74) is 8.26. The van der Waals surface area contributed by atoms with Gasteiger partial charge in [-0.25, -0.2) is 9.97 Å². The number of nitrogens with one attached hydrogen (secondary N) is 2. The largest absolute Gasteiger partial charge is 0.497 e. The number of piperidine rings is 2. The van der Waals surface area contributed by atoms with Crippen molar-refractivity contribution in [3.8, 4) is 5.75 Å². The van der Waals surface area contributed by atoms with Gasteiger partial charge in [-0.05, 0) is 80.6 Å². The van der Waals surface area contributed by atoms with Crippen LogP contribution >= 0.6 is 0 Å². The van der Waals surface area contributed by atoms with Crippen LogP contribution in [0.4, 0.5) is 23.0 Å². The number of primary amides is 1. The van der Waals surface area contributed by atoms with Crippen LogP contribution in [0.2, 0.25) is 0 Å². The minimum atomic E-state index is -0.648. The molecule has 3 aromatic rings. The van der Waals surface area contributed by atoms with Gasteiger partial charge >= 0.3 is 0 Å². The highest BCUT2D eigenvalue weighted by atomic mass is 16.5. The maximum atomic E-state index is 12.8. The van der Waals surface area contributed by atoms with E-state index in [9.17, 15) is 9.59 Å². The summed E-state index contributed by atoms with van der Waals surface area (Å²) in [7, 11) is 1.59. The Kier molecular flexibility index (Phi) is 8.10. The highest BCUT2D eigenvalue weighted by Crippen LogP contribution is 2.26. The summed E-state index contributed by atoms with van der Waals surface area (Å²) >= 11 is 0. The molecule has 1 atom stereocenters. The summed E-state index contributed by atoms with van der Waals surface area (Å²) in [6.07, 6.45) is 7.03. The standard InChI is InChI=1S/C29H35N7O3/c1-39-24-13-7-20(8-14-24)29(38)33-22-6-5-17-36(19-22)25-18-31-26(27(30)37)28(34-25)32-21-9-11-23(12-10-21)35-15-3-2-4-16-35/h7-14,18,22H,2-6,15-17,19H2,1H3,(H2,30,37)(H,32,34)(H,33,38)/t22-/m1/s1. The number of hydrogen-bond acceptors (Lipinski definition) is 8. The second-order valence-corrected chi connectivity index (χ2v) is 10.00. The fraction of sp³-hybridized carbons (Fsp3) is 0.379. The third-order valence-corrected chi connectivity index (χ3v) is 7.28. The van der Waals surface area contributed by atoms with Gasteiger partial charge in [-0.1, -0.05) is 0 Å². The molecule has 0 aliphatic carbocycles. The zero-order valence-corrected chi connectivity index (χ0v) is 22.2. The van der Waals surface area contributed by atoms with Crippen molar-refractivity contribution in [2.75, 3.05) is 48.4 Å². The van der Waals surface area contributed by atoms with Crippen LogP contribution < -0.4 is 30.9 Å². The van der Waals surface area contributed by atoms with Crippen molar-refractivity contribution in [3.05, 3.63) is 66.0 Å². The SMILES string of the molecule is COc1ccc(C(=O)N[C@@H]2CCCN(c3cnc(C(N)=O)c(Nc4ccc(N5CCCCC5)cc4)n3)C2)cc1. The molecule has 10 heteroatoms. The second-order valence-electron chi connectivity index (χ2n) is 10.00. The van der Waals surface area contributed by atoms with Crippen molar-refractivity contribution in [2.24, 2.45) is 5.73 Å². The van der Waals surface area contributed by atoms with E-state index in [0.717, 1.165) is 38.2 Å². The Labute approximate surface area is 228 Å². The minimum absolute atomic E-state index is 0.0512. The van der Waals surface area contributed by atoms with Crippen LogP contribution in [0.15, 0.2) is 54.7 Å². The van der Waals surface area contributed by atoms with Crippen LogP contribution in [0.1, 0.15) is 53.0 Å². The van der Waals surface area contributed by atoms with E-state index in [1.165, 1.54) is 24.9 Å². The zero-order valence-electron chi connectivity index (χ0n) is 22.2. The zero-order chi connectivity index (χ0) is 27.2. The summed E-state index contributed by atoms with van der Waals surface area (Å²) in [5.74, 6) is 0.862. The number of benzene rings is 2. The van der Waals surface area contributed by atoms with E-state index < -0.39 is 5.91 Å². The Balaban J connectivity index is 1.28. The Morgan fingerprint density at radius 3 is 2.36 bits per heavy atom. The molecule has 2 amide bonds. The average molecular weight is 530 g/mol. The summed E-state index contributed by atoms with van der Waals surface area (Å²) in [5, 5.41) is 6.36. The van der Waals surface area contributed by atoms with Crippen molar-refractivity contribution in [1.82, 2.24) is 15.3 Å². The summed E-state index contributed by atoms with van der Waals surface area (Å²) in [6.45, 7) is 3.49. The number of anilines is 4. The van der Waals surface area contributed by atoms with Gasteiger partial charge in [0.05, 0.1) is 13.3 Å². The van der Waals surface area contributed by atoms with Gasteiger partial charge in [-0.2, -0.15) is 0 Å². The normalized spacial score (nSPS) is 17.4. The molecule has 5 rings (SSSR count). The number of carbonyl (C=O) groups is 2. The van der Waals surface area contributed by atoms with Crippen LogP contribution in [-0.2, 0) is 0 Å². The molecule has 3 heterocycles. The number of nitrogens with zero attached hydrogens (tertiary/aromatic N) is 4. The van der Waals surface area contributed by atoms with E-state index in [4.69, 9.17) is 15.5 Å². The van der Waals surface area contributed by atoms with Gasteiger partial charge in [-0.15, -0.1) is 0 Å². The lowest BCUT2D eigenvalue weighted by molar-refractivity contribution is 0.0931. The third-order valence-electron chi connectivity index (χ3n) is 7.28. The fourth-order valence-corrected chi connectivity index (χ4v) is 5.16. The molecule has 0 saturated carbocycles. The maximum Gasteiger partial charge on any atom is 0.271 e. The molecule has 0 bridgehead atoms. The predicted molar refractivity (Wildman–Crippen MR) is 152 cm³/mol. The summed E-state index contributed by atoms with van der Waals surface area (Å²) < 4.78 is 5.18. The average Bonchev–Trinajstić information content (AvgIpc) is 2.98. The van der Waals surface area contributed by atoms with Crippen molar-refractivity contribution in [1.29, 1.82) is 0 Å². The van der Waals surface area contributed by atoms with E-state index in [-0.39, 0.29) is 17.6 Å². The first-order valence-electron chi connectivity index (χ1n) is 13.5. The number of nitrogens with two attached hydrogens (primary N) is 1. The number of aromatic nitrogens is 2. The lowest BCUT2D eigenvalue weighted by Crippen LogP contribution is -2.48. The highest BCUT2D eigenvalue weighted by Gasteiger charge is 2.24. The van der Waals surface area contributed by atoms with Crippen molar-refractivity contribution in [3.63, 3.8) is 0 Å². The van der Waals surface area contributed by atoms with Gasteiger partial charge in [0, 0.05) is 49.2 Å². The molecule has 4 N–H and O–H groups in total. The number of hydrogen-bond donors (Lipinski definition) is 3. The molecule has 2 saturated heterocycles. The maximum absolute atomic E-state index is 12.8. The summed E-state index contributed by atoms with van der Waals surface area (Å²) in [6, 6.07) is 15.1. The fourth-order valence-electron chi connectivity index (χ4n) is 5.16. The van der Waals surface area contributed by atoms with Crippen molar-refractivity contribution >= 4 is 34.8 Å². The molecule has 0 spiro atoms. The van der Waals surface area contributed by atoms with Crippen LogP contribution in [0.3, 0.4) is 0 Å². The lowest BCUT2D eigenvalue weighted by Gasteiger charge is -2.34. The lowest BCUT2D eigenvalue weighted by atomic mass is 10.0. The number of ether oxygens (including phenoxy) is 1. The Hall–Kier alpha value is -4.34. The molecule has 0 radical (unpaired) electrons. The van der Waals surface area contributed by atoms with Gasteiger partial charge in [0.1, 0.15) is 11.6 Å². The van der Waals surface area contributed by atoms with Crippen molar-refractivity contribution in [2.45, 2.75) is 38.1 Å². The molecular weight excluding hydrogens is 494 g/mol. The molecule has 2 aromatic carbocycles. The Morgan fingerprint density at radius 1 is 0.949 bits per heavy atom. The van der Waals surface area contributed by atoms with E-state index in [1.54, 1.807) is 37.6 Å². The molecule has 10 nitrogen and oxygen atoms in total. The molecular formula is C29H35N7O3. The highest BCUT2D eigenvalue weighted by molar-refractivity contribution is 5.96. The van der Waals surface area contributed by atoms with E-state index >= 15 is 0 Å². The number of rotatable bonds is 8. The molecule has 2 aliphatic rings. The van der Waals surface area contributed by atoms with E-state index in [0.29, 0.717) is 29.5 Å². The monoisotopic (exact) mass is 529 g/mol. The smallest absolute Gasteiger partial charge is 0.271 e. The first kappa shape index (κ1) is 26.3. The Morgan fingerprint density at radius 2 is 1.67 bits per heavy atom. The number of methoxy groups -OCH3 is 1. The van der Waals surface area contributed by atoms with Gasteiger partial charge < -0.3 is 30.9 Å². The molecule has 2 fully saturated rings. The van der Waals surface area contributed by atoms with Crippen LogP contribution in [0, 0.1) is 0 Å². The van der Waals surface area contributed by atoms with E-state index in [2.05, 4.69) is 37.6 Å². The van der Waals surface area contributed by atoms with Crippen molar-refractivity contribution < 1.29 is 14.3 Å². The van der Waals surface area contributed by atoms with Crippen LogP contribution in [-0.4, -0.2) is 61.1 Å². The first-order chi connectivity index (χ1) is 19.0. The van der Waals surface area contributed by atoms with Gasteiger partial charge in [0.25, 0.3) is 11.8 Å². The van der Waals surface area contributed by atoms with E-state index in [1.807, 2.05) is 12.1 Å². The predicted octanol–water partition coefficient (Wildman–Crippen LogP) is 3.72. The quantitative estimate of drug-likeness (QED) is 0.403. The van der Waals surface area contributed by atoms with Gasteiger partial charge in [0.2, 0.25) is 0 Å². The first-order valence-corrected chi connectivity index (χ1v) is 13.5. The second kappa shape index (κ2) is 12.0. The van der Waals surface area contributed by atoms with Crippen LogP contribution in [0.5, 0.6) is 5.75 Å². The van der Waals surface area contributed by atoms with Crippen LogP contribution in [0.25, 0.3) is 0 Å². The van der Waals surface area contributed by atoms with Gasteiger partial charge in [0.15, 0.2) is 11.5 Å². The molecule has 1 aromatic heterocycles. The molecule has 204 valence electrons. The number of carbonyl (C=O) groups excluding carboxylic acids is 2. The minimum Gasteiger partial charge on any atom is -0.497 e. The third kappa shape index (κ3) is 6.39. The topological polar surface area (TPSA) is 126 Å². The number of amides is 2.